The number of aromatic nitrogens is 5. The van der Waals surface area contributed by atoms with Gasteiger partial charge in [-0.05, 0) is 41.5 Å². The SMILES string of the molecule is c1ccc(-c2ccc3c(c2)c2ccccc2n3-c2nc(-c3ccccc3)nc(-n3c4ccccc4c4ccc5c6ccccc6sc5c43)n2)cc1. The molecule has 4 heterocycles. The van der Waals surface area contributed by atoms with Crippen molar-refractivity contribution in [1.82, 2.24) is 24.1 Å². The second-order valence-electron chi connectivity index (χ2n) is 12.9. The smallest absolute Gasteiger partial charge is 0.240 e. The second kappa shape index (κ2) is 10.9. The Hall–Kier alpha value is -6.63. The van der Waals surface area contributed by atoms with Crippen LogP contribution in [0.15, 0.2) is 164 Å². The zero-order valence-electron chi connectivity index (χ0n) is 27.2. The Bertz CT molecular complexity index is 3140. The molecule has 0 unspecified atom stereocenters. The van der Waals surface area contributed by atoms with E-state index in [1.165, 1.54) is 42.1 Å². The lowest BCUT2D eigenvalue weighted by molar-refractivity contribution is 0.894. The van der Waals surface area contributed by atoms with E-state index in [2.05, 4.69) is 155 Å². The Morgan fingerprint density at radius 1 is 0.373 bits per heavy atom. The maximum absolute atomic E-state index is 5.39. The van der Waals surface area contributed by atoms with Crippen molar-refractivity contribution in [3.63, 3.8) is 0 Å². The maximum Gasteiger partial charge on any atom is 0.240 e. The molecule has 0 saturated heterocycles. The molecule has 6 heteroatoms. The van der Waals surface area contributed by atoms with E-state index in [0.29, 0.717) is 17.7 Å². The first-order valence-electron chi connectivity index (χ1n) is 17.0. The molecule has 0 aliphatic carbocycles. The summed E-state index contributed by atoms with van der Waals surface area (Å²) in [6.45, 7) is 0. The van der Waals surface area contributed by atoms with Crippen molar-refractivity contribution < 1.29 is 0 Å². The van der Waals surface area contributed by atoms with Crippen molar-refractivity contribution in [3.05, 3.63) is 164 Å². The van der Waals surface area contributed by atoms with E-state index in [4.69, 9.17) is 15.0 Å². The minimum Gasteiger partial charge on any atom is -0.278 e. The van der Waals surface area contributed by atoms with Gasteiger partial charge in [0, 0.05) is 42.6 Å². The van der Waals surface area contributed by atoms with Gasteiger partial charge in [-0.2, -0.15) is 15.0 Å². The average Bonchev–Trinajstić information content (AvgIpc) is 3.86. The number of thiophene rings is 1. The van der Waals surface area contributed by atoms with Gasteiger partial charge in [0.1, 0.15) is 0 Å². The first-order valence-corrected chi connectivity index (χ1v) is 17.9. The van der Waals surface area contributed by atoms with Gasteiger partial charge in [-0.15, -0.1) is 11.3 Å². The highest BCUT2D eigenvalue weighted by Gasteiger charge is 2.22. The van der Waals surface area contributed by atoms with Gasteiger partial charge in [0.15, 0.2) is 5.82 Å². The molecule has 238 valence electrons. The van der Waals surface area contributed by atoms with Crippen molar-refractivity contribution in [2.75, 3.05) is 0 Å². The summed E-state index contributed by atoms with van der Waals surface area (Å²) in [5.74, 6) is 1.78. The lowest BCUT2D eigenvalue weighted by Gasteiger charge is -2.13. The molecule has 0 radical (unpaired) electrons. The van der Waals surface area contributed by atoms with Gasteiger partial charge >= 0.3 is 0 Å². The summed E-state index contributed by atoms with van der Waals surface area (Å²) in [6.07, 6.45) is 0. The summed E-state index contributed by atoms with van der Waals surface area (Å²) >= 11 is 1.82. The van der Waals surface area contributed by atoms with Crippen molar-refractivity contribution in [2.24, 2.45) is 0 Å². The van der Waals surface area contributed by atoms with E-state index in [1.54, 1.807) is 0 Å². The van der Waals surface area contributed by atoms with Gasteiger partial charge in [-0.25, -0.2) is 0 Å². The second-order valence-corrected chi connectivity index (χ2v) is 13.9. The molecule has 11 rings (SSSR count). The number of hydrogen-bond acceptors (Lipinski definition) is 4. The monoisotopic (exact) mass is 669 g/mol. The lowest BCUT2D eigenvalue weighted by Crippen LogP contribution is -2.10. The maximum atomic E-state index is 5.39. The molecule has 4 aromatic heterocycles. The van der Waals surface area contributed by atoms with Crippen LogP contribution in [0.25, 0.3) is 98.2 Å². The number of rotatable bonds is 4. The van der Waals surface area contributed by atoms with Gasteiger partial charge in [-0.3, -0.25) is 9.13 Å². The third kappa shape index (κ3) is 4.24. The standard InChI is InChI=1S/C45H27N5S/c1-3-13-28(14-4-1)30-23-26-39-36(27-30)32-18-8-10-20-37(32)49(39)44-46-43(29-15-5-2-6-16-29)47-45(48-44)50-38-21-11-7-17-31(38)34-24-25-35-33-19-9-12-22-40(33)51-42(35)41(34)50/h1-27H. The molecule has 0 atom stereocenters. The van der Waals surface area contributed by atoms with Crippen LogP contribution in [0.3, 0.4) is 0 Å². The fourth-order valence-electron chi connectivity index (χ4n) is 7.71. The summed E-state index contributed by atoms with van der Waals surface area (Å²) < 4.78 is 6.93. The van der Waals surface area contributed by atoms with Crippen LogP contribution < -0.4 is 0 Å². The third-order valence-corrected chi connectivity index (χ3v) is 11.2. The first kappa shape index (κ1) is 28.2. The fraction of sp³-hybridized carbons (Fsp3) is 0. The van der Waals surface area contributed by atoms with Crippen LogP contribution in [0.1, 0.15) is 0 Å². The third-order valence-electron chi connectivity index (χ3n) is 10.0. The molecule has 11 aromatic rings. The highest BCUT2D eigenvalue weighted by atomic mass is 32.1. The van der Waals surface area contributed by atoms with E-state index in [1.807, 2.05) is 29.5 Å². The summed E-state index contributed by atoms with van der Waals surface area (Å²) in [5, 5.41) is 7.15. The van der Waals surface area contributed by atoms with E-state index in [0.717, 1.165) is 38.4 Å². The van der Waals surface area contributed by atoms with Crippen molar-refractivity contribution in [1.29, 1.82) is 0 Å². The van der Waals surface area contributed by atoms with Gasteiger partial charge < -0.3 is 0 Å². The minimum absolute atomic E-state index is 0.576. The van der Waals surface area contributed by atoms with Crippen LogP contribution >= 0.6 is 11.3 Å². The summed E-state index contributed by atoms with van der Waals surface area (Å²) in [7, 11) is 0. The van der Waals surface area contributed by atoms with E-state index in [9.17, 15) is 0 Å². The van der Waals surface area contributed by atoms with Crippen molar-refractivity contribution in [2.45, 2.75) is 0 Å². The number of para-hydroxylation sites is 2. The van der Waals surface area contributed by atoms with Gasteiger partial charge in [0.05, 0.1) is 26.8 Å². The Morgan fingerprint density at radius 2 is 0.941 bits per heavy atom. The average molecular weight is 670 g/mol. The van der Waals surface area contributed by atoms with Gasteiger partial charge in [0.2, 0.25) is 11.9 Å². The Labute approximate surface area is 296 Å². The van der Waals surface area contributed by atoms with Gasteiger partial charge in [0.25, 0.3) is 0 Å². The summed E-state index contributed by atoms with van der Waals surface area (Å²) in [4.78, 5) is 15.9. The summed E-state index contributed by atoms with van der Waals surface area (Å²) in [6, 6.07) is 57.7. The molecule has 0 saturated carbocycles. The molecule has 7 aromatic carbocycles. The first-order chi connectivity index (χ1) is 25.3. The van der Waals surface area contributed by atoms with Crippen molar-refractivity contribution in [3.8, 4) is 34.4 Å². The number of nitrogens with zero attached hydrogens (tertiary/aromatic N) is 5. The molecule has 0 N–H and O–H groups in total. The highest BCUT2D eigenvalue weighted by molar-refractivity contribution is 7.26. The molecule has 0 aliphatic rings. The van der Waals surface area contributed by atoms with E-state index >= 15 is 0 Å². The Balaban J connectivity index is 1.25. The Morgan fingerprint density at radius 3 is 1.71 bits per heavy atom. The largest absolute Gasteiger partial charge is 0.278 e. The minimum atomic E-state index is 0.576. The molecule has 51 heavy (non-hydrogen) atoms. The molecular weight excluding hydrogens is 643 g/mol. The zero-order chi connectivity index (χ0) is 33.5. The molecule has 0 fully saturated rings. The molecule has 5 nitrogen and oxygen atoms in total. The van der Waals surface area contributed by atoms with Crippen molar-refractivity contribution >= 4 is 75.1 Å². The van der Waals surface area contributed by atoms with Crippen LogP contribution in [0.4, 0.5) is 0 Å². The van der Waals surface area contributed by atoms with Crippen LogP contribution in [-0.4, -0.2) is 24.1 Å². The predicted molar refractivity (Wildman–Crippen MR) is 212 cm³/mol. The highest BCUT2D eigenvalue weighted by Crippen LogP contribution is 2.43. The molecule has 0 spiro atoms. The number of benzene rings is 7. The Kier molecular flexibility index (Phi) is 6.05. The molecule has 0 amide bonds. The van der Waals surface area contributed by atoms with Gasteiger partial charge in [-0.1, -0.05) is 133 Å². The lowest BCUT2D eigenvalue weighted by atomic mass is 10.0. The summed E-state index contributed by atoms with van der Waals surface area (Å²) in [5.41, 5.74) is 7.55. The molecule has 0 aliphatic heterocycles. The number of fused-ring (bicyclic) bond motifs is 10. The normalized spacial score (nSPS) is 11.9. The number of hydrogen-bond donors (Lipinski definition) is 0. The quantitative estimate of drug-likeness (QED) is 0.187. The molecule has 0 bridgehead atoms. The van der Waals surface area contributed by atoms with Crippen LogP contribution in [-0.2, 0) is 0 Å². The van der Waals surface area contributed by atoms with E-state index in [-0.39, 0.29) is 0 Å². The topological polar surface area (TPSA) is 48.5 Å². The fourth-order valence-corrected chi connectivity index (χ4v) is 8.95. The zero-order valence-corrected chi connectivity index (χ0v) is 28.0. The van der Waals surface area contributed by atoms with Crippen LogP contribution in [0.2, 0.25) is 0 Å². The predicted octanol–water partition coefficient (Wildman–Crippen LogP) is 11.8. The van der Waals surface area contributed by atoms with Crippen LogP contribution in [0, 0.1) is 0 Å². The van der Waals surface area contributed by atoms with E-state index < -0.39 is 0 Å². The van der Waals surface area contributed by atoms with Crippen LogP contribution in [0.5, 0.6) is 0 Å². The molecular formula is C45H27N5S.